The lowest BCUT2D eigenvalue weighted by atomic mass is 10.1. The van der Waals surface area contributed by atoms with Crippen LogP contribution >= 0.6 is 15.9 Å². The topological polar surface area (TPSA) is 17.8 Å². The number of halogens is 3. The van der Waals surface area contributed by atoms with Gasteiger partial charge in [-0.1, -0.05) is 6.07 Å². The summed E-state index contributed by atoms with van der Waals surface area (Å²) >= 11 is 3.27. The van der Waals surface area contributed by atoms with Gasteiger partial charge in [-0.15, -0.1) is 0 Å². The monoisotopic (exact) mass is 300 g/mol. The Bertz CT molecular complexity index is 529. The minimum atomic E-state index is -0.611. The number of nitrogens with zero attached hydrogens (tertiary/aromatic N) is 2. The summed E-state index contributed by atoms with van der Waals surface area (Å²) in [6.45, 7) is 3.89. The van der Waals surface area contributed by atoms with Crippen molar-refractivity contribution >= 4 is 15.9 Å². The van der Waals surface area contributed by atoms with E-state index in [2.05, 4.69) is 21.0 Å². The van der Waals surface area contributed by atoms with Crippen molar-refractivity contribution in [3.05, 3.63) is 40.5 Å². The summed E-state index contributed by atoms with van der Waals surface area (Å²) in [7, 11) is 0. The highest BCUT2D eigenvalue weighted by Crippen LogP contribution is 2.31. The van der Waals surface area contributed by atoms with E-state index in [1.54, 1.807) is 10.9 Å². The maximum Gasteiger partial charge on any atom is 0.135 e. The van der Waals surface area contributed by atoms with Crippen LogP contribution in [0.25, 0.3) is 11.3 Å². The largest absolute Gasteiger partial charge is 0.268 e. The SMILES string of the molecule is CC(C)n1cc(Br)c(-c2c(F)cccc2F)n1. The smallest absolute Gasteiger partial charge is 0.135 e. The van der Waals surface area contributed by atoms with Gasteiger partial charge in [0.05, 0.1) is 10.0 Å². The summed E-state index contributed by atoms with van der Waals surface area (Å²) in [6, 6.07) is 3.91. The van der Waals surface area contributed by atoms with Crippen molar-refractivity contribution < 1.29 is 8.78 Å². The Labute approximate surface area is 106 Å². The second-order valence-electron chi connectivity index (χ2n) is 4.00. The molecular weight excluding hydrogens is 290 g/mol. The summed E-state index contributed by atoms with van der Waals surface area (Å²) in [6.07, 6.45) is 1.71. The number of hydrogen-bond acceptors (Lipinski definition) is 1. The number of rotatable bonds is 2. The standard InChI is InChI=1S/C12H11BrF2N2/c1-7(2)17-6-8(13)12(16-17)11-9(14)4-3-5-10(11)15/h3-7H,1-2H3. The molecule has 1 aromatic carbocycles. The van der Waals surface area contributed by atoms with E-state index in [0.717, 1.165) is 0 Å². The average Bonchev–Trinajstić information content (AvgIpc) is 2.61. The van der Waals surface area contributed by atoms with Crippen molar-refractivity contribution in [2.24, 2.45) is 0 Å². The average molecular weight is 301 g/mol. The van der Waals surface area contributed by atoms with Gasteiger partial charge in [0.25, 0.3) is 0 Å². The Balaban J connectivity index is 2.61. The maximum atomic E-state index is 13.6. The molecule has 0 fully saturated rings. The van der Waals surface area contributed by atoms with Crippen LogP contribution in [0, 0.1) is 11.6 Å². The van der Waals surface area contributed by atoms with Crippen LogP contribution in [0.4, 0.5) is 8.78 Å². The Hall–Kier alpha value is -1.23. The van der Waals surface area contributed by atoms with Crippen LogP contribution in [0.2, 0.25) is 0 Å². The van der Waals surface area contributed by atoms with Crippen LogP contribution in [0.1, 0.15) is 19.9 Å². The zero-order valence-electron chi connectivity index (χ0n) is 9.42. The molecule has 0 aliphatic carbocycles. The Morgan fingerprint density at radius 1 is 1.24 bits per heavy atom. The van der Waals surface area contributed by atoms with Gasteiger partial charge in [0.2, 0.25) is 0 Å². The molecule has 0 saturated heterocycles. The summed E-state index contributed by atoms with van der Waals surface area (Å²) in [5.74, 6) is -1.22. The normalized spacial score (nSPS) is 11.2. The van der Waals surface area contributed by atoms with Crippen molar-refractivity contribution in [1.29, 1.82) is 0 Å². The fraction of sp³-hybridized carbons (Fsp3) is 0.250. The highest BCUT2D eigenvalue weighted by atomic mass is 79.9. The first-order valence-corrected chi connectivity index (χ1v) is 5.99. The number of hydrogen-bond donors (Lipinski definition) is 0. The van der Waals surface area contributed by atoms with Crippen LogP contribution < -0.4 is 0 Å². The third-order valence-corrected chi connectivity index (χ3v) is 3.00. The second kappa shape index (κ2) is 4.56. The molecule has 0 unspecified atom stereocenters. The van der Waals surface area contributed by atoms with Crippen molar-refractivity contribution in [3.63, 3.8) is 0 Å². The Morgan fingerprint density at radius 2 is 1.82 bits per heavy atom. The molecule has 0 aliphatic rings. The van der Waals surface area contributed by atoms with E-state index in [1.165, 1.54) is 18.2 Å². The minimum Gasteiger partial charge on any atom is -0.268 e. The van der Waals surface area contributed by atoms with Crippen molar-refractivity contribution in [2.45, 2.75) is 19.9 Å². The van der Waals surface area contributed by atoms with E-state index in [1.807, 2.05) is 13.8 Å². The van der Waals surface area contributed by atoms with Crippen molar-refractivity contribution in [2.75, 3.05) is 0 Å². The van der Waals surface area contributed by atoms with E-state index >= 15 is 0 Å². The van der Waals surface area contributed by atoms with E-state index in [-0.39, 0.29) is 17.3 Å². The van der Waals surface area contributed by atoms with Gasteiger partial charge >= 0.3 is 0 Å². The first-order chi connectivity index (χ1) is 8.00. The minimum absolute atomic E-state index is 0.0984. The Kier molecular flexibility index (Phi) is 3.28. The molecule has 2 aromatic rings. The van der Waals surface area contributed by atoms with Gasteiger partial charge in [-0.3, -0.25) is 4.68 Å². The maximum absolute atomic E-state index is 13.6. The third kappa shape index (κ3) is 2.24. The first-order valence-electron chi connectivity index (χ1n) is 5.19. The van der Waals surface area contributed by atoms with Gasteiger partial charge in [0.15, 0.2) is 0 Å². The van der Waals surface area contributed by atoms with E-state index in [4.69, 9.17) is 0 Å². The Morgan fingerprint density at radius 3 is 2.29 bits per heavy atom. The first kappa shape index (κ1) is 12.2. The molecule has 5 heteroatoms. The predicted octanol–water partition coefficient (Wildman–Crippen LogP) is 4.17. The molecule has 0 spiro atoms. The highest BCUT2D eigenvalue weighted by Gasteiger charge is 2.18. The third-order valence-electron chi connectivity index (χ3n) is 2.42. The van der Waals surface area contributed by atoms with Crippen LogP contribution in [0.15, 0.2) is 28.9 Å². The molecule has 0 saturated carbocycles. The lowest BCUT2D eigenvalue weighted by molar-refractivity contribution is 0.531. The molecule has 1 aromatic heterocycles. The molecule has 0 amide bonds. The molecule has 1 heterocycles. The fourth-order valence-electron chi connectivity index (χ4n) is 1.53. The van der Waals surface area contributed by atoms with Crippen LogP contribution in [0.3, 0.4) is 0 Å². The molecule has 0 radical (unpaired) electrons. The van der Waals surface area contributed by atoms with Crippen LogP contribution in [0.5, 0.6) is 0 Å². The molecular formula is C12H11BrF2N2. The van der Waals surface area contributed by atoms with E-state index in [9.17, 15) is 8.78 Å². The lowest BCUT2D eigenvalue weighted by Gasteiger charge is -2.04. The molecule has 0 bridgehead atoms. The van der Waals surface area contributed by atoms with Gasteiger partial charge in [-0.25, -0.2) is 8.78 Å². The summed E-state index contributed by atoms with van der Waals surface area (Å²) < 4.78 is 29.5. The fourth-order valence-corrected chi connectivity index (χ4v) is 2.01. The zero-order valence-corrected chi connectivity index (χ0v) is 11.0. The zero-order chi connectivity index (χ0) is 12.6. The molecule has 0 N–H and O–H groups in total. The predicted molar refractivity (Wildman–Crippen MR) is 65.7 cm³/mol. The van der Waals surface area contributed by atoms with E-state index < -0.39 is 11.6 Å². The molecule has 2 nitrogen and oxygen atoms in total. The summed E-state index contributed by atoms with van der Waals surface area (Å²) in [5.41, 5.74) is 0.188. The molecule has 2 rings (SSSR count). The van der Waals surface area contributed by atoms with E-state index in [0.29, 0.717) is 4.47 Å². The molecule has 17 heavy (non-hydrogen) atoms. The van der Waals surface area contributed by atoms with Gasteiger partial charge in [0.1, 0.15) is 17.3 Å². The molecule has 0 atom stereocenters. The number of benzene rings is 1. The highest BCUT2D eigenvalue weighted by molar-refractivity contribution is 9.10. The summed E-state index contributed by atoms with van der Waals surface area (Å²) in [5, 5.41) is 4.19. The van der Waals surface area contributed by atoms with Crippen LogP contribution in [-0.2, 0) is 0 Å². The lowest BCUT2D eigenvalue weighted by Crippen LogP contribution is -2.01. The van der Waals surface area contributed by atoms with Crippen LogP contribution in [-0.4, -0.2) is 9.78 Å². The van der Waals surface area contributed by atoms with Crippen molar-refractivity contribution in [3.8, 4) is 11.3 Å². The second-order valence-corrected chi connectivity index (χ2v) is 4.85. The molecule has 0 aliphatic heterocycles. The van der Waals surface area contributed by atoms with Crippen molar-refractivity contribution in [1.82, 2.24) is 9.78 Å². The van der Waals surface area contributed by atoms with Gasteiger partial charge in [-0.2, -0.15) is 5.10 Å². The van der Waals surface area contributed by atoms with Gasteiger partial charge in [-0.05, 0) is 41.9 Å². The summed E-state index contributed by atoms with van der Waals surface area (Å²) in [4.78, 5) is 0. The number of aromatic nitrogens is 2. The van der Waals surface area contributed by atoms with Gasteiger partial charge in [0, 0.05) is 12.2 Å². The van der Waals surface area contributed by atoms with Gasteiger partial charge < -0.3 is 0 Å². The molecule has 90 valence electrons. The quantitative estimate of drug-likeness (QED) is 0.814.